The molecule has 0 aromatic heterocycles. The quantitative estimate of drug-likeness (QED) is 0.576. The van der Waals surface area contributed by atoms with Crippen LogP contribution < -0.4 is 5.32 Å². The zero-order valence-electron chi connectivity index (χ0n) is 8.58. The van der Waals surface area contributed by atoms with E-state index in [4.69, 9.17) is 0 Å². The minimum absolute atomic E-state index is 0.156. The SMILES string of the molecule is OCC1CCCN1[C@]1(CO)CCCN1. The summed E-state index contributed by atoms with van der Waals surface area (Å²) in [4.78, 5) is 2.26. The highest BCUT2D eigenvalue weighted by Crippen LogP contribution is 2.30. The summed E-state index contributed by atoms with van der Waals surface area (Å²) in [5.74, 6) is 0. The molecule has 4 heteroatoms. The normalized spacial score (nSPS) is 39.4. The van der Waals surface area contributed by atoms with Crippen molar-refractivity contribution in [3.8, 4) is 0 Å². The van der Waals surface area contributed by atoms with Crippen molar-refractivity contribution in [1.82, 2.24) is 10.2 Å². The topological polar surface area (TPSA) is 55.7 Å². The second-order valence-electron chi connectivity index (χ2n) is 4.39. The minimum atomic E-state index is -0.232. The third-order valence-corrected chi connectivity index (χ3v) is 3.62. The fraction of sp³-hybridized carbons (Fsp3) is 1.00. The van der Waals surface area contributed by atoms with Crippen LogP contribution in [0.3, 0.4) is 0 Å². The number of rotatable bonds is 3. The van der Waals surface area contributed by atoms with Crippen molar-refractivity contribution in [1.29, 1.82) is 0 Å². The summed E-state index contributed by atoms with van der Waals surface area (Å²) in [5, 5.41) is 22.2. The number of aliphatic hydroxyl groups excluding tert-OH is 2. The molecular weight excluding hydrogens is 180 g/mol. The van der Waals surface area contributed by atoms with Crippen LogP contribution in [0.5, 0.6) is 0 Å². The van der Waals surface area contributed by atoms with Crippen molar-refractivity contribution >= 4 is 0 Å². The Labute approximate surface area is 84.9 Å². The first-order chi connectivity index (χ1) is 6.82. The fourth-order valence-corrected chi connectivity index (χ4v) is 2.85. The molecule has 2 rings (SSSR count). The summed E-state index contributed by atoms with van der Waals surface area (Å²) in [6.45, 7) is 2.35. The Morgan fingerprint density at radius 2 is 2.21 bits per heavy atom. The van der Waals surface area contributed by atoms with E-state index in [9.17, 15) is 10.2 Å². The number of nitrogens with zero attached hydrogens (tertiary/aromatic N) is 1. The van der Waals surface area contributed by atoms with Gasteiger partial charge in [-0.15, -0.1) is 0 Å². The number of hydrogen-bond donors (Lipinski definition) is 3. The van der Waals surface area contributed by atoms with Gasteiger partial charge in [0.15, 0.2) is 0 Å². The van der Waals surface area contributed by atoms with Crippen LogP contribution in [0.25, 0.3) is 0 Å². The molecule has 0 bridgehead atoms. The first-order valence-electron chi connectivity index (χ1n) is 5.56. The lowest BCUT2D eigenvalue weighted by Gasteiger charge is -2.40. The Balaban J connectivity index is 2.10. The van der Waals surface area contributed by atoms with Gasteiger partial charge in [-0.3, -0.25) is 10.2 Å². The Bertz CT molecular complexity index is 193. The van der Waals surface area contributed by atoms with E-state index in [1.54, 1.807) is 0 Å². The number of hydrogen-bond acceptors (Lipinski definition) is 4. The molecule has 2 saturated heterocycles. The highest BCUT2D eigenvalue weighted by molar-refractivity contribution is 4.97. The molecule has 0 radical (unpaired) electrons. The third-order valence-electron chi connectivity index (χ3n) is 3.62. The lowest BCUT2D eigenvalue weighted by Crippen LogP contribution is -2.60. The Kier molecular flexibility index (Phi) is 3.07. The molecule has 2 fully saturated rings. The van der Waals surface area contributed by atoms with Crippen LogP contribution in [0.1, 0.15) is 25.7 Å². The Morgan fingerprint density at radius 1 is 1.36 bits per heavy atom. The van der Waals surface area contributed by atoms with Gasteiger partial charge in [0.2, 0.25) is 0 Å². The predicted octanol–water partition coefficient (Wildman–Crippen LogP) is -0.485. The molecule has 4 nitrogen and oxygen atoms in total. The first kappa shape index (κ1) is 10.4. The summed E-state index contributed by atoms with van der Waals surface area (Å²) in [6.07, 6.45) is 4.31. The molecule has 2 atom stereocenters. The summed E-state index contributed by atoms with van der Waals surface area (Å²) in [7, 11) is 0. The van der Waals surface area contributed by atoms with Gasteiger partial charge in [-0.1, -0.05) is 0 Å². The molecular formula is C10H20N2O2. The number of aliphatic hydroxyl groups is 2. The zero-order chi connectivity index (χ0) is 10.0. The zero-order valence-corrected chi connectivity index (χ0v) is 8.58. The number of nitrogens with one attached hydrogen (secondary N) is 1. The van der Waals surface area contributed by atoms with Crippen molar-refractivity contribution in [3.05, 3.63) is 0 Å². The largest absolute Gasteiger partial charge is 0.395 e. The van der Waals surface area contributed by atoms with Crippen LogP contribution in [0.4, 0.5) is 0 Å². The van der Waals surface area contributed by atoms with Crippen LogP contribution in [0, 0.1) is 0 Å². The second kappa shape index (κ2) is 4.14. The van der Waals surface area contributed by atoms with E-state index >= 15 is 0 Å². The van der Waals surface area contributed by atoms with Gasteiger partial charge in [-0.2, -0.15) is 0 Å². The standard InChI is InChI=1S/C10H20N2O2/c13-7-9-3-1-6-12(9)10(8-14)4-2-5-11-10/h9,11,13-14H,1-8H2/t9?,10-/m0/s1. The lowest BCUT2D eigenvalue weighted by molar-refractivity contribution is -0.00733. The molecule has 1 unspecified atom stereocenters. The van der Waals surface area contributed by atoms with Crippen LogP contribution in [0.15, 0.2) is 0 Å². The summed E-state index contributed by atoms with van der Waals surface area (Å²) in [6, 6.07) is 0.243. The van der Waals surface area contributed by atoms with Gasteiger partial charge in [-0.25, -0.2) is 0 Å². The van der Waals surface area contributed by atoms with Gasteiger partial charge in [0.05, 0.1) is 18.9 Å². The highest BCUT2D eigenvalue weighted by Gasteiger charge is 2.43. The highest BCUT2D eigenvalue weighted by atomic mass is 16.3. The van der Waals surface area contributed by atoms with Crippen LogP contribution in [0.2, 0.25) is 0 Å². The molecule has 0 spiro atoms. The molecule has 82 valence electrons. The first-order valence-corrected chi connectivity index (χ1v) is 5.56. The second-order valence-corrected chi connectivity index (χ2v) is 4.39. The van der Waals surface area contributed by atoms with Gasteiger partial charge in [0, 0.05) is 12.6 Å². The molecule has 2 heterocycles. The number of likely N-dealkylation sites (tertiary alicyclic amines) is 1. The minimum Gasteiger partial charge on any atom is -0.395 e. The molecule has 2 aliphatic rings. The summed E-state index contributed by atoms with van der Waals surface area (Å²) in [5.41, 5.74) is -0.232. The van der Waals surface area contributed by atoms with E-state index in [1.807, 2.05) is 0 Å². The van der Waals surface area contributed by atoms with Crippen LogP contribution >= 0.6 is 0 Å². The van der Waals surface area contributed by atoms with Gasteiger partial charge in [-0.05, 0) is 32.2 Å². The van der Waals surface area contributed by atoms with Crippen molar-refractivity contribution < 1.29 is 10.2 Å². The van der Waals surface area contributed by atoms with Crippen LogP contribution in [-0.2, 0) is 0 Å². The van der Waals surface area contributed by atoms with E-state index in [0.717, 1.165) is 38.8 Å². The summed E-state index contributed by atoms with van der Waals surface area (Å²) < 4.78 is 0. The molecule has 0 aromatic carbocycles. The van der Waals surface area contributed by atoms with Gasteiger partial charge in [0.25, 0.3) is 0 Å². The molecule has 3 N–H and O–H groups in total. The lowest BCUT2D eigenvalue weighted by atomic mass is 10.1. The van der Waals surface area contributed by atoms with E-state index in [-0.39, 0.29) is 24.9 Å². The van der Waals surface area contributed by atoms with Gasteiger partial charge < -0.3 is 10.2 Å². The van der Waals surface area contributed by atoms with Crippen molar-refractivity contribution in [3.63, 3.8) is 0 Å². The van der Waals surface area contributed by atoms with E-state index in [2.05, 4.69) is 10.2 Å². The smallest absolute Gasteiger partial charge is 0.0953 e. The van der Waals surface area contributed by atoms with Crippen molar-refractivity contribution in [2.24, 2.45) is 0 Å². The average molecular weight is 200 g/mol. The Hall–Kier alpha value is -0.160. The molecule has 0 saturated carbocycles. The molecule has 14 heavy (non-hydrogen) atoms. The van der Waals surface area contributed by atoms with E-state index in [1.165, 1.54) is 0 Å². The fourth-order valence-electron chi connectivity index (χ4n) is 2.85. The maximum Gasteiger partial charge on any atom is 0.0953 e. The van der Waals surface area contributed by atoms with Crippen molar-refractivity contribution in [2.45, 2.75) is 37.4 Å². The molecule has 0 aliphatic carbocycles. The maximum atomic E-state index is 9.50. The van der Waals surface area contributed by atoms with Gasteiger partial charge >= 0.3 is 0 Å². The Morgan fingerprint density at radius 3 is 2.79 bits per heavy atom. The third kappa shape index (κ3) is 1.56. The molecule has 0 aromatic rings. The van der Waals surface area contributed by atoms with Crippen molar-refractivity contribution in [2.75, 3.05) is 26.3 Å². The average Bonchev–Trinajstić information content (AvgIpc) is 2.86. The molecule has 0 amide bonds. The van der Waals surface area contributed by atoms with Crippen LogP contribution in [-0.4, -0.2) is 53.1 Å². The monoisotopic (exact) mass is 200 g/mol. The molecule has 2 aliphatic heterocycles. The van der Waals surface area contributed by atoms with Gasteiger partial charge in [0.1, 0.15) is 0 Å². The van der Waals surface area contributed by atoms with E-state index < -0.39 is 0 Å². The maximum absolute atomic E-state index is 9.50. The summed E-state index contributed by atoms with van der Waals surface area (Å²) >= 11 is 0. The van der Waals surface area contributed by atoms with E-state index in [0.29, 0.717) is 0 Å². The predicted molar refractivity (Wildman–Crippen MR) is 53.9 cm³/mol.